The standard InChI is InChI=1S/C21H25NO3S/c23-20-13-19(26(24)22-20)17-6-8-18(9-7-17)25-15-16-5-4-12-21(14-16)10-2-1-3-11-21/h6-9,13-14H,1-5,10-12,15H2,(H,22,23). The number of benzene rings is 1. The van der Waals surface area contributed by atoms with Crippen LogP contribution in [0.2, 0.25) is 0 Å². The molecule has 1 aliphatic heterocycles. The van der Waals surface area contributed by atoms with Crippen molar-refractivity contribution in [3.63, 3.8) is 0 Å². The Labute approximate surface area is 157 Å². The Hall–Kier alpha value is -1.88. The highest BCUT2D eigenvalue weighted by Gasteiger charge is 2.32. The first-order valence-corrected chi connectivity index (χ1v) is 10.7. The molecule has 26 heavy (non-hydrogen) atoms. The molecule has 4 nitrogen and oxygen atoms in total. The van der Waals surface area contributed by atoms with Crippen LogP contribution in [0.3, 0.4) is 0 Å². The molecular formula is C21H25NO3S. The first kappa shape index (κ1) is 17.5. The third-order valence-corrected chi connectivity index (χ3v) is 6.89. The molecule has 1 amide bonds. The van der Waals surface area contributed by atoms with Crippen molar-refractivity contribution in [1.29, 1.82) is 0 Å². The molecule has 1 spiro atoms. The smallest absolute Gasteiger partial charge is 0.257 e. The largest absolute Gasteiger partial charge is 0.489 e. The van der Waals surface area contributed by atoms with Crippen LogP contribution in [-0.2, 0) is 15.8 Å². The minimum absolute atomic E-state index is 0.306. The molecule has 0 aromatic heterocycles. The van der Waals surface area contributed by atoms with Crippen LogP contribution in [0.25, 0.3) is 4.91 Å². The maximum atomic E-state index is 11.8. The Morgan fingerprint density at radius 3 is 2.46 bits per heavy atom. The number of carbonyl (C=O) groups excluding carboxylic acids is 1. The molecule has 1 unspecified atom stereocenters. The predicted molar refractivity (Wildman–Crippen MR) is 104 cm³/mol. The van der Waals surface area contributed by atoms with Gasteiger partial charge in [0.15, 0.2) is 11.0 Å². The highest BCUT2D eigenvalue weighted by atomic mass is 32.2. The molecule has 1 fully saturated rings. The van der Waals surface area contributed by atoms with E-state index in [0.717, 1.165) is 17.7 Å². The molecule has 1 N–H and O–H groups in total. The summed E-state index contributed by atoms with van der Waals surface area (Å²) in [5, 5.41) is 0. The molecule has 5 heteroatoms. The van der Waals surface area contributed by atoms with Gasteiger partial charge in [0.2, 0.25) is 0 Å². The van der Waals surface area contributed by atoms with E-state index in [1.807, 2.05) is 24.3 Å². The zero-order chi connectivity index (χ0) is 18.0. The number of rotatable bonds is 4. The van der Waals surface area contributed by atoms with Gasteiger partial charge < -0.3 is 4.74 Å². The van der Waals surface area contributed by atoms with Gasteiger partial charge in [0.05, 0.1) is 4.91 Å². The normalized spacial score (nSPS) is 24.8. The highest BCUT2D eigenvalue weighted by molar-refractivity contribution is 7.93. The lowest BCUT2D eigenvalue weighted by molar-refractivity contribution is -0.114. The molecule has 0 saturated heterocycles. The van der Waals surface area contributed by atoms with Crippen molar-refractivity contribution in [2.45, 2.75) is 51.4 Å². The van der Waals surface area contributed by atoms with Crippen LogP contribution in [0, 0.1) is 5.41 Å². The van der Waals surface area contributed by atoms with Crippen LogP contribution in [0.1, 0.15) is 56.9 Å². The van der Waals surface area contributed by atoms with Crippen LogP contribution in [0.5, 0.6) is 5.75 Å². The van der Waals surface area contributed by atoms with Crippen molar-refractivity contribution in [2.24, 2.45) is 5.41 Å². The van der Waals surface area contributed by atoms with Gasteiger partial charge in [-0.25, -0.2) is 4.21 Å². The van der Waals surface area contributed by atoms with Gasteiger partial charge in [-0.15, -0.1) is 0 Å². The quantitative estimate of drug-likeness (QED) is 0.805. The van der Waals surface area contributed by atoms with Crippen molar-refractivity contribution >= 4 is 21.8 Å². The lowest BCUT2D eigenvalue weighted by atomic mass is 9.67. The van der Waals surface area contributed by atoms with Crippen molar-refractivity contribution in [3.05, 3.63) is 47.6 Å². The Kier molecular flexibility index (Phi) is 4.98. The van der Waals surface area contributed by atoms with Gasteiger partial charge in [0.1, 0.15) is 12.4 Å². The number of amides is 1. The van der Waals surface area contributed by atoms with Crippen LogP contribution in [-0.4, -0.2) is 16.7 Å². The first-order valence-electron chi connectivity index (χ1n) is 9.52. The van der Waals surface area contributed by atoms with E-state index in [-0.39, 0.29) is 5.91 Å². The summed E-state index contributed by atoms with van der Waals surface area (Å²) < 4.78 is 20.2. The maximum absolute atomic E-state index is 11.8. The zero-order valence-electron chi connectivity index (χ0n) is 15.0. The summed E-state index contributed by atoms with van der Waals surface area (Å²) in [7, 11) is -1.45. The molecule has 2 aliphatic carbocycles. The number of nitrogens with one attached hydrogen (secondary N) is 1. The fourth-order valence-electron chi connectivity index (χ4n) is 4.44. The monoisotopic (exact) mass is 371 g/mol. The van der Waals surface area contributed by atoms with Gasteiger partial charge in [-0.3, -0.25) is 9.52 Å². The Morgan fingerprint density at radius 1 is 1.04 bits per heavy atom. The molecule has 0 bridgehead atoms. The van der Waals surface area contributed by atoms with Gasteiger partial charge in [0, 0.05) is 6.08 Å². The van der Waals surface area contributed by atoms with Crippen LogP contribution in [0.15, 0.2) is 42.0 Å². The lowest BCUT2D eigenvalue weighted by Crippen LogP contribution is -2.25. The van der Waals surface area contributed by atoms with E-state index in [0.29, 0.717) is 16.9 Å². The van der Waals surface area contributed by atoms with Crippen LogP contribution >= 0.6 is 0 Å². The average molecular weight is 372 g/mol. The predicted octanol–water partition coefficient (Wildman–Crippen LogP) is 4.26. The Morgan fingerprint density at radius 2 is 1.77 bits per heavy atom. The Bertz CT molecular complexity index is 773. The van der Waals surface area contributed by atoms with Crippen LogP contribution in [0.4, 0.5) is 0 Å². The minimum atomic E-state index is -1.45. The fourth-order valence-corrected chi connectivity index (χ4v) is 5.35. The van der Waals surface area contributed by atoms with E-state index in [1.165, 1.54) is 56.6 Å². The van der Waals surface area contributed by atoms with E-state index >= 15 is 0 Å². The SMILES string of the molecule is O=C1C=C(c2ccc(OCC3=CC4(CCCCC4)CCC3)cc2)S(=O)N1. The van der Waals surface area contributed by atoms with Crippen molar-refractivity contribution < 1.29 is 13.7 Å². The summed E-state index contributed by atoms with van der Waals surface area (Å²) in [6, 6.07) is 7.49. The van der Waals surface area contributed by atoms with E-state index in [1.54, 1.807) is 0 Å². The topological polar surface area (TPSA) is 55.4 Å². The molecule has 0 radical (unpaired) electrons. The molecule has 4 rings (SSSR count). The number of hydrogen-bond donors (Lipinski definition) is 1. The number of ether oxygens (including phenoxy) is 1. The van der Waals surface area contributed by atoms with E-state index in [4.69, 9.17) is 4.74 Å². The van der Waals surface area contributed by atoms with Crippen LogP contribution < -0.4 is 9.46 Å². The molecule has 1 saturated carbocycles. The zero-order valence-corrected chi connectivity index (χ0v) is 15.8. The third kappa shape index (κ3) is 3.78. The number of carbonyl (C=O) groups is 1. The second-order valence-corrected chi connectivity index (χ2v) is 8.82. The first-order chi connectivity index (χ1) is 12.6. The molecule has 1 aromatic carbocycles. The molecule has 1 heterocycles. The highest BCUT2D eigenvalue weighted by Crippen LogP contribution is 2.45. The molecule has 138 valence electrons. The summed E-state index contributed by atoms with van der Waals surface area (Å²) in [5.41, 5.74) is 2.65. The lowest BCUT2D eigenvalue weighted by Gasteiger charge is -2.38. The minimum Gasteiger partial charge on any atom is -0.489 e. The van der Waals surface area contributed by atoms with Gasteiger partial charge in [-0.2, -0.15) is 0 Å². The summed E-state index contributed by atoms with van der Waals surface area (Å²) in [4.78, 5) is 11.8. The van der Waals surface area contributed by atoms with Gasteiger partial charge in [-0.1, -0.05) is 37.5 Å². The van der Waals surface area contributed by atoms with Crippen molar-refractivity contribution in [2.75, 3.05) is 6.61 Å². The van der Waals surface area contributed by atoms with Crippen molar-refractivity contribution in [3.8, 4) is 5.75 Å². The van der Waals surface area contributed by atoms with Crippen molar-refractivity contribution in [1.82, 2.24) is 4.72 Å². The third-order valence-electron chi connectivity index (χ3n) is 5.75. The second-order valence-electron chi connectivity index (χ2n) is 7.64. The van der Waals surface area contributed by atoms with E-state index in [2.05, 4.69) is 10.8 Å². The van der Waals surface area contributed by atoms with E-state index in [9.17, 15) is 9.00 Å². The van der Waals surface area contributed by atoms with Gasteiger partial charge in [0.25, 0.3) is 5.91 Å². The second kappa shape index (κ2) is 7.39. The molecule has 1 aromatic rings. The van der Waals surface area contributed by atoms with Gasteiger partial charge in [-0.05, 0) is 60.8 Å². The Balaban J connectivity index is 1.40. The fraction of sp³-hybridized carbons (Fsp3) is 0.476. The van der Waals surface area contributed by atoms with Gasteiger partial charge >= 0.3 is 0 Å². The molecular weight excluding hydrogens is 346 g/mol. The van der Waals surface area contributed by atoms with E-state index < -0.39 is 11.0 Å². The summed E-state index contributed by atoms with van der Waals surface area (Å²) >= 11 is 0. The summed E-state index contributed by atoms with van der Waals surface area (Å²) in [6.07, 6.45) is 14.4. The number of hydrogen-bond acceptors (Lipinski definition) is 3. The molecule has 3 aliphatic rings. The maximum Gasteiger partial charge on any atom is 0.257 e. The molecule has 1 atom stereocenters. The average Bonchev–Trinajstić information content (AvgIpc) is 2.99. The number of allylic oxidation sites excluding steroid dienone is 1. The summed E-state index contributed by atoms with van der Waals surface area (Å²) in [5.74, 6) is 0.501. The summed E-state index contributed by atoms with van der Waals surface area (Å²) in [6.45, 7) is 0.649.